The predicted molar refractivity (Wildman–Crippen MR) is 87.1 cm³/mol. The van der Waals surface area contributed by atoms with Crippen molar-refractivity contribution < 1.29 is 16.8 Å². The van der Waals surface area contributed by atoms with Crippen LogP contribution in [-0.4, -0.2) is 67.7 Å². The van der Waals surface area contributed by atoms with Gasteiger partial charge >= 0.3 is 0 Å². The molecule has 1 aromatic rings. The average Bonchev–Trinajstić information content (AvgIpc) is 2.70. The first-order valence-electron chi connectivity index (χ1n) is 7.39. The molecule has 8 nitrogen and oxygen atoms in total. The normalized spacial score (nSPS) is 18.7. The second-order valence-corrected chi connectivity index (χ2v) is 9.95. The summed E-state index contributed by atoms with van der Waals surface area (Å²) >= 11 is 0. The molecule has 132 valence electrons. The zero-order valence-corrected chi connectivity index (χ0v) is 15.8. The Morgan fingerprint density at radius 2 is 1.65 bits per heavy atom. The highest BCUT2D eigenvalue weighted by atomic mass is 32.2. The highest BCUT2D eigenvalue weighted by Crippen LogP contribution is 2.27. The van der Waals surface area contributed by atoms with E-state index in [1.165, 1.54) is 14.9 Å². The van der Waals surface area contributed by atoms with Gasteiger partial charge in [0.25, 0.3) is 0 Å². The van der Waals surface area contributed by atoms with Gasteiger partial charge in [-0.2, -0.15) is 9.40 Å². The summed E-state index contributed by atoms with van der Waals surface area (Å²) in [4.78, 5) is 0.259. The number of hydrogen-bond acceptors (Lipinski definition) is 5. The van der Waals surface area contributed by atoms with Crippen molar-refractivity contribution >= 4 is 20.0 Å². The molecule has 0 bridgehead atoms. The van der Waals surface area contributed by atoms with Crippen molar-refractivity contribution in [3.8, 4) is 0 Å². The third-order valence-electron chi connectivity index (χ3n) is 4.50. The van der Waals surface area contributed by atoms with Gasteiger partial charge < -0.3 is 0 Å². The monoisotopic (exact) mass is 364 g/mol. The molecular weight excluding hydrogens is 340 g/mol. The van der Waals surface area contributed by atoms with Crippen LogP contribution in [0.3, 0.4) is 0 Å². The first-order valence-corrected chi connectivity index (χ1v) is 10.7. The Balaban J connectivity index is 2.19. The predicted octanol–water partition coefficient (Wildman–Crippen LogP) is 0.0814. The minimum absolute atomic E-state index is 0.160. The van der Waals surface area contributed by atoms with Crippen LogP contribution in [-0.2, 0) is 27.1 Å². The molecule has 1 saturated heterocycles. The molecule has 0 amide bonds. The Morgan fingerprint density at radius 1 is 1.13 bits per heavy atom. The van der Waals surface area contributed by atoms with Crippen LogP contribution in [0.5, 0.6) is 0 Å². The number of aromatic nitrogens is 2. The third-order valence-corrected chi connectivity index (χ3v) is 8.00. The molecule has 1 aliphatic rings. The summed E-state index contributed by atoms with van der Waals surface area (Å²) in [5.41, 5.74) is 1.10. The van der Waals surface area contributed by atoms with Crippen LogP contribution in [0.1, 0.15) is 24.2 Å². The second-order valence-electron chi connectivity index (χ2n) is 6.04. The lowest BCUT2D eigenvalue weighted by Gasteiger charge is -2.35. The maximum absolute atomic E-state index is 12.9. The Hall–Kier alpha value is -0.970. The van der Waals surface area contributed by atoms with E-state index in [1.807, 2.05) is 0 Å². The van der Waals surface area contributed by atoms with E-state index >= 15 is 0 Å². The maximum Gasteiger partial charge on any atom is 0.246 e. The smallest absolute Gasteiger partial charge is 0.246 e. The molecule has 0 unspecified atom stereocenters. The van der Waals surface area contributed by atoms with Gasteiger partial charge in [0, 0.05) is 33.2 Å². The van der Waals surface area contributed by atoms with Crippen molar-refractivity contribution in [3.05, 3.63) is 11.4 Å². The quantitative estimate of drug-likeness (QED) is 0.754. The Bertz CT molecular complexity index is 790. The third kappa shape index (κ3) is 3.44. The summed E-state index contributed by atoms with van der Waals surface area (Å²) in [6.45, 7) is 4.03. The molecule has 1 aliphatic heterocycles. The lowest BCUT2D eigenvalue weighted by Crippen LogP contribution is -2.47. The number of aryl methyl sites for hydroxylation is 2. The fourth-order valence-corrected chi connectivity index (χ4v) is 5.60. The van der Waals surface area contributed by atoms with Crippen molar-refractivity contribution in [2.75, 3.05) is 26.4 Å². The number of sulfonamides is 2. The first kappa shape index (κ1) is 18.4. The SMILES string of the molecule is Cc1nn(C)c(C)c1S(=O)(=O)N1CCC(N(C)S(C)(=O)=O)CC1. The lowest BCUT2D eigenvalue weighted by molar-refractivity contribution is 0.239. The summed E-state index contributed by atoms with van der Waals surface area (Å²) in [5, 5.41) is 4.17. The highest BCUT2D eigenvalue weighted by molar-refractivity contribution is 7.89. The van der Waals surface area contributed by atoms with E-state index in [0.29, 0.717) is 37.3 Å². The van der Waals surface area contributed by atoms with Gasteiger partial charge in [0.15, 0.2) is 0 Å². The van der Waals surface area contributed by atoms with Crippen molar-refractivity contribution in [1.29, 1.82) is 0 Å². The second kappa shape index (κ2) is 6.15. The first-order chi connectivity index (χ1) is 10.5. The molecule has 2 rings (SSSR count). The number of hydrogen-bond donors (Lipinski definition) is 0. The van der Waals surface area contributed by atoms with E-state index in [1.54, 1.807) is 32.6 Å². The van der Waals surface area contributed by atoms with Gasteiger partial charge in [-0.25, -0.2) is 21.1 Å². The van der Waals surface area contributed by atoms with Gasteiger partial charge in [-0.05, 0) is 26.7 Å². The molecule has 0 spiro atoms. The average molecular weight is 364 g/mol. The Kier molecular flexibility index (Phi) is 4.91. The Morgan fingerprint density at radius 3 is 2.04 bits per heavy atom. The zero-order valence-electron chi connectivity index (χ0n) is 14.1. The summed E-state index contributed by atoms with van der Waals surface area (Å²) in [6, 6.07) is -0.160. The molecule has 0 atom stereocenters. The minimum atomic E-state index is -3.61. The molecule has 0 aromatic carbocycles. The minimum Gasteiger partial charge on any atom is -0.271 e. The van der Waals surface area contributed by atoms with E-state index in [4.69, 9.17) is 0 Å². The molecule has 2 heterocycles. The standard InChI is InChI=1S/C13H24N4O4S2/c1-10-13(11(2)15(3)14-10)23(20,21)17-8-6-12(7-9-17)16(4)22(5,18)19/h12H,6-9H2,1-5H3. The summed E-state index contributed by atoms with van der Waals surface area (Å²) in [6.07, 6.45) is 2.14. The summed E-state index contributed by atoms with van der Waals surface area (Å²) in [7, 11) is -3.61. The number of rotatable bonds is 4. The van der Waals surface area contributed by atoms with Crippen molar-refractivity contribution in [3.63, 3.8) is 0 Å². The van der Waals surface area contributed by atoms with Gasteiger partial charge in [0.1, 0.15) is 4.90 Å². The summed E-state index contributed by atoms with van der Waals surface area (Å²) in [5.74, 6) is 0. The van der Waals surface area contributed by atoms with E-state index in [9.17, 15) is 16.8 Å². The molecule has 10 heteroatoms. The van der Waals surface area contributed by atoms with E-state index in [2.05, 4.69) is 5.10 Å². The van der Waals surface area contributed by atoms with Gasteiger partial charge in [-0.1, -0.05) is 0 Å². The molecule has 0 N–H and O–H groups in total. The van der Waals surface area contributed by atoms with E-state index in [-0.39, 0.29) is 10.9 Å². The summed E-state index contributed by atoms with van der Waals surface area (Å²) < 4.78 is 53.2. The van der Waals surface area contributed by atoms with Crippen LogP contribution in [0.15, 0.2) is 4.90 Å². The molecule has 0 aliphatic carbocycles. The van der Waals surface area contributed by atoms with Crippen molar-refractivity contribution in [1.82, 2.24) is 18.4 Å². The molecule has 23 heavy (non-hydrogen) atoms. The molecular formula is C13H24N4O4S2. The molecule has 0 saturated carbocycles. The molecule has 0 radical (unpaired) electrons. The number of piperidine rings is 1. The molecule has 1 aromatic heterocycles. The van der Waals surface area contributed by atoms with E-state index in [0.717, 1.165) is 0 Å². The van der Waals surface area contributed by atoms with E-state index < -0.39 is 20.0 Å². The lowest BCUT2D eigenvalue weighted by atomic mass is 10.1. The van der Waals surface area contributed by atoms with Gasteiger partial charge in [0.05, 0.1) is 17.6 Å². The van der Waals surface area contributed by atoms with Crippen LogP contribution in [0, 0.1) is 13.8 Å². The van der Waals surface area contributed by atoms with Crippen LogP contribution in [0.4, 0.5) is 0 Å². The topological polar surface area (TPSA) is 92.6 Å². The molecule has 1 fully saturated rings. The Labute approximate surface area is 138 Å². The van der Waals surface area contributed by atoms with Gasteiger partial charge in [-0.3, -0.25) is 4.68 Å². The largest absolute Gasteiger partial charge is 0.271 e. The fraction of sp³-hybridized carbons (Fsp3) is 0.769. The maximum atomic E-state index is 12.9. The fourth-order valence-electron chi connectivity index (χ4n) is 2.97. The van der Waals surface area contributed by atoms with Crippen LogP contribution in [0.2, 0.25) is 0 Å². The number of nitrogens with zero attached hydrogens (tertiary/aromatic N) is 4. The van der Waals surface area contributed by atoms with Gasteiger partial charge in [-0.15, -0.1) is 0 Å². The zero-order chi connectivity index (χ0) is 17.6. The highest BCUT2D eigenvalue weighted by Gasteiger charge is 2.35. The van der Waals surface area contributed by atoms with Gasteiger partial charge in [0.2, 0.25) is 20.0 Å². The van der Waals surface area contributed by atoms with Crippen LogP contribution >= 0.6 is 0 Å². The van der Waals surface area contributed by atoms with Crippen LogP contribution in [0.25, 0.3) is 0 Å². The van der Waals surface area contributed by atoms with Crippen molar-refractivity contribution in [2.45, 2.75) is 37.6 Å². The van der Waals surface area contributed by atoms with Crippen molar-refractivity contribution in [2.24, 2.45) is 7.05 Å². The van der Waals surface area contributed by atoms with Crippen LogP contribution < -0.4 is 0 Å².